The minimum Gasteiger partial charge on any atom is -0.342 e. The van der Waals surface area contributed by atoms with Gasteiger partial charge in [-0.25, -0.2) is 0 Å². The number of nitrogens with zero attached hydrogens (tertiary/aromatic N) is 1. The van der Waals surface area contributed by atoms with Crippen LogP contribution in [0.2, 0.25) is 5.02 Å². The van der Waals surface area contributed by atoms with Crippen LogP contribution < -0.4 is 5.73 Å². The van der Waals surface area contributed by atoms with E-state index in [2.05, 4.69) is 17.0 Å². The van der Waals surface area contributed by atoms with E-state index in [-0.39, 0.29) is 18.3 Å². The minimum atomic E-state index is 0. The van der Waals surface area contributed by atoms with Crippen LogP contribution in [0, 0.1) is 11.8 Å². The number of hydrogen-bond acceptors (Lipinski definition) is 2. The van der Waals surface area contributed by atoms with Crippen molar-refractivity contribution in [1.82, 2.24) is 4.90 Å². The van der Waals surface area contributed by atoms with Crippen LogP contribution in [0.1, 0.15) is 37.7 Å². The van der Waals surface area contributed by atoms with E-state index in [0.29, 0.717) is 17.9 Å². The summed E-state index contributed by atoms with van der Waals surface area (Å²) >= 11 is 5.93. The first-order chi connectivity index (χ1) is 10.6. The summed E-state index contributed by atoms with van der Waals surface area (Å²) in [6.07, 6.45) is 6.09. The van der Waals surface area contributed by atoms with Gasteiger partial charge in [0.15, 0.2) is 0 Å². The van der Waals surface area contributed by atoms with E-state index >= 15 is 0 Å². The average Bonchev–Trinajstić information content (AvgIpc) is 2.98. The van der Waals surface area contributed by atoms with Gasteiger partial charge in [0.2, 0.25) is 5.91 Å². The zero-order valence-electron chi connectivity index (χ0n) is 13.4. The van der Waals surface area contributed by atoms with Crippen molar-refractivity contribution in [2.75, 3.05) is 13.1 Å². The molecule has 1 aliphatic heterocycles. The van der Waals surface area contributed by atoms with Crippen LogP contribution in [0.4, 0.5) is 0 Å². The number of hydrogen-bond donors (Lipinski definition) is 1. The van der Waals surface area contributed by atoms with Gasteiger partial charge in [-0.3, -0.25) is 4.79 Å². The van der Waals surface area contributed by atoms with Gasteiger partial charge in [-0.15, -0.1) is 12.4 Å². The summed E-state index contributed by atoms with van der Waals surface area (Å²) in [5, 5.41) is 0.780. The Labute approximate surface area is 150 Å². The Kier molecular flexibility index (Phi) is 6.75. The molecule has 1 unspecified atom stereocenters. The maximum absolute atomic E-state index is 12.6. The highest BCUT2D eigenvalue weighted by Crippen LogP contribution is 2.28. The summed E-state index contributed by atoms with van der Waals surface area (Å²) in [6, 6.07) is 8.38. The molecule has 0 spiro atoms. The molecular formula is C18H26Cl2N2O. The number of carbonyl (C=O) groups excluding carboxylic acids is 1. The molecular weight excluding hydrogens is 331 g/mol. The molecule has 1 aromatic rings. The molecule has 0 aromatic heterocycles. The molecule has 2 aliphatic rings. The van der Waals surface area contributed by atoms with Crippen LogP contribution in [-0.2, 0) is 11.2 Å². The molecule has 23 heavy (non-hydrogen) atoms. The molecule has 128 valence electrons. The smallest absolute Gasteiger partial charge is 0.225 e. The molecule has 3 rings (SSSR count). The Bertz CT molecular complexity index is 512. The van der Waals surface area contributed by atoms with Crippen LogP contribution in [0.25, 0.3) is 0 Å². The number of carbonyl (C=O) groups is 1. The van der Waals surface area contributed by atoms with E-state index in [0.717, 1.165) is 56.6 Å². The third kappa shape index (κ3) is 4.85. The summed E-state index contributed by atoms with van der Waals surface area (Å²) < 4.78 is 0. The van der Waals surface area contributed by atoms with Gasteiger partial charge in [-0.05, 0) is 62.1 Å². The van der Waals surface area contributed by atoms with Crippen LogP contribution in [0.5, 0.6) is 0 Å². The van der Waals surface area contributed by atoms with Crippen LogP contribution >= 0.6 is 24.0 Å². The van der Waals surface area contributed by atoms with E-state index in [1.165, 1.54) is 5.56 Å². The highest BCUT2D eigenvalue weighted by molar-refractivity contribution is 6.30. The highest BCUT2D eigenvalue weighted by atomic mass is 35.5. The molecule has 1 atom stereocenters. The van der Waals surface area contributed by atoms with Gasteiger partial charge in [0.1, 0.15) is 0 Å². The first-order valence-electron chi connectivity index (χ1n) is 8.40. The van der Waals surface area contributed by atoms with E-state index < -0.39 is 0 Å². The van der Waals surface area contributed by atoms with Crippen molar-refractivity contribution >= 4 is 29.9 Å². The van der Waals surface area contributed by atoms with Crippen molar-refractivity contribution in [2.45, 2.75) is 44.6 Å². The van der Waals surface area contributed by atoms with Gasteiger partial charge >= 0.3 is 0 Å². The third-order valence-corrected chi connectivity index (χ3v) is 5.41. The van der Waals surface area contributed by atoms with Crippen LogP contribution in [0.15, 0.2) is 24.3 Å². The number of amides is 1. The van der Waals surface area contributed by atoms with Gasteiger partial charge in [-0.2, -0.15) is 0 Å². The lowest BCUT2D eigenvalue weighted by molar-refractivity contribution is -0.135. The zero-order valence-corrected chi connectivity index (χ0v) is 15.0. The average molecular weight is 357 g/mol. The van der Waals surface area contributed by atoms with Crippen molar-refractivity contribution < 1.29 is 4.79 Å². The zero-order chi connectivity index (χ0) is 15.5. The summed E-state index contributed by atoms with van der Waals surface area (Å²) in [6.45, 7) is 1.82. The second kappa shape index (κ2) is 8.36. The molecule has 0 bridgehead atoms. The maximum Gasteiger partial charge on any atom is 0.225 e. The molecule has 0 radical (unpaired) electrons. The predicted molar refractivity (Wildman–Crippen MR) is 97.0 cm³/mol. The molecule has 2 N–H and O–H groups in total. The van der Waals surface area contributed by atoms with Crippen molar-refractivity contribution in [3.05, 3.63) is 34.9 Å². The number of likely N-dealkylation sites (tertiary alicyclic amines) is 1. The molecule has 5 heteroatoms. The third-order valence-electron chi connectivity index (χ3n) is 5.16. The van der Waals surface area contributed by atoms with E-state index in [9.17, 15) is 4.79 Å². The van der Waals surface area contributed by atoms with Gasteiger partial charge in [0.05, 0.1) is 0 Å². The molecule has 1 saturated heterocycles. The summed E-state index contributed by atoms with van der Waals surface area (Å²) in [7, 11) is 0. The summed E-state index contributed by atoms with van der Waals surface area (Å²) in [5.74, 6) is 1.16. The molecule has 3 nitrogen and oxygen atoms in total. The molecule has 1 aliphatic carbocycles. The standard InChI is InChI=1S/C18H25ClN2O.ClH/c19-16-5-1-13(2-6-16)11-14-9-10-21(12-14)18(22)15-3-7-17(20)8-4-15;/h1-2,5-6,14-15,17H,3-4,7-12,20H2;1H. The number of nitrogens with two attached hydrogens (primary N) is 1. The van der Waals surface area contributed by atoms with E-state index in [4.69, 9.17) is 17.3 Å². The van der Waals surface area contributed by atoms with Crippen LogP contribution in [0.3, 0.4) is 0 Å². The van der Waals surface area contributed by atoms with E-state index in [1.54, 1.807) is 0 Å². The van der Waals surface area contributed by atoms with Crippen molar-refractivity contribution in [1.29, 1.82) is 0 Å². The normalized spacial score (nSPS) is 27.6. The van der Waals surface area contributed by atoms with Crippen molar-refractivity contribution in [3.63, 3.8) is 0 Å². The summed E-state index contributed by atoms with van der Waals surface area (Å²) in [4.78, 5) is 14.7. The molecule has 1 saturated carbocycles. The van der Waals surface area contributed by atoms with Crippen molar-refractivity contribution in [2.24, 2.45) is 17.6 Å². The Balaban J connectivity index is 0.00000192. The Morgan fingerprint density at radius 2 is 1.78 bits per heavy atom. The second-order valence-electron chi connectivity index (χ2n) is 6.88. The van der Waals surface area contributed by atoms with Crippen LogP contribution in [-0.4, -0.2) is 29.9 Å². The Morgan fingerprint density at radius 1 is 1.13 bits per heavy atom. The molecule has 1 heterocycles. The van der Waals surface area contributed by atoms with Gasteiger partial charge in [-0.1, -0.05) is 23.7 Å². The number of benzene rings is 1. The molecule has 1 aromatic carbocycles. The molecule has 2 fully saturated rings. The van der Waals surface area contributed by atoms with Gasteiger partial charge in [0.25, 0.3) is 0 Å². The minimum absolute atomic E-state index is 0. The predicted octanol–water partition coefficient (Wildman–Crippen LogP) is 3.67. The Morgan fingerprint density at radius 3 is 2.43 bits per heavy atom. The lowest BCUT2D eigenvalue weighted by Crippen LogP contribution is -2.38. The van der Waals surface area contributed by atoms with Gasteiger partial charge < -0.3 is 10.6 Å². The first kappa shape index (κ1) is 18.6. The Hall–Kier alpha value is -0.770. The van der Waals surface area contributed by atoms with Crippen molar-refractivity contribution in [3.8, 4) is 0 Å². The second-order valence-corrected chi connectivity index (χ2v) is 7.32. The topological polar surface area (TPSA) is 46.3 Å². The summed E-state index contributed by atoms with van der Waals surface area (Å²) in [5.41, 5.74) is 7.25. The first-order valence-corrected chi connectivity index (χ1v) is 8.78. The quantitative estimate of drug-likeness (QED) is 0.897. The van der Waals surface area contributed by atoms with Gasteiger partial charge in [0, 0.05) is 30.1 Å². The monoisotopic (exact) mass is 356 g/mol. The highest BCUT2D eigenvalue weighted by Gasteiger charge is 2.32. The fourth-order valence-corrected chi connectivity index (χ4v) is 3.90. The largest absolute Gasteiger partial charge is 0.342 e. The fraction of sp³-hybridized carbons (Fsp3) is 0.611. The lowest BCUT2D eigenvalue weighted by Gasteiger charge is -2.29. The molecule has 1 amide bonds. The number of halogens is 2. The fourth-order valence-electron chi connectivity index (χ4n) is 3.78. The SMILES string of the molecule is Cl.NC1CCC(C(=O)N2CCC(Cc3ccc(Cl)cc3)C2)CC1. The number of rotatable bonds is 3. The maximum atomic E-state index is 12.6. The van der Waals surface area contributed by atoms with E-state index in [1.807, 2.05) is 12.1 Å². The lowest BCUT2D eigenvalue weighted by atomic mass is 9.85.